The number of benzene rings is 1. The van der Waals surface area contributed by atoms with Crippen molar-refractivity contribution in [3.63, 3.8) is 0 Å². The van der Waals surface area contributed by atoms with Crippen LogP contribution in [0.15, 0.2) is 18.2 Å². The summed E-state index contributed by atoms with van der Waals surface area (Å²) < 4.78 is 18.0. The molecule has 6 nitrogen and oxygen atoms in total. The van der Waals surface area contributed by atoms with Gasteiger partial charge in [-0.1, -0.05) is 0 Å². The molecule has 21 heavy (non-hydrogen) atoms. The normalized spacial score (nSPS) is 12.0. The minimum absolute atomic E-state index is 0.270. The second kappa shape index (κ2) is 8.58. The summed E-state index contributed by atoms with van der Waals surface area (Å²) in [5.74, 6) is -0.0964. The Balaban J connectivity index is 2.42. The van der Waals surface area contributed by atoms with E-state index in [4.69, 9.17) is 10.5 Å². The van der Waals surface area contributed by atoms with Gasteiger partial charge in [0, 0.05) is 11.8 Å². The molecule has 0 saturated heterocycles. The van der Waals surface area contributed by atoms with Crippen molar-refractivity contribution < 1.29 is 18.8 Å². The quantitative estimate of drug-likeness (QED) is 0.342. The van der Waals surface area contributed by atoms with Crippen LogP contribution < -0.4 is 5.73 Å². The topological polar surface area (TPSA) is 95.5 Å². The molecule has 0 aliphatic rings. The number of nitrogens with two attached hydrogens (primary N) is 1. The van der Waals surface area contributed by atoms with Crippen molar-refractivity contribution >= 4 is 23.4 Å². The number of nitrogens with zero attached hydrogens (tertiary/aromatic N) is 1. The summed E-state index contributed by atoms with van der Waals surface area (Å²) in [5.41, 5.74) is 5.89. The van der Waals surface area contributed by atoms with Crippen LogP contribution in [0.3, 0.4) is 0 Å². The van der Waals surface area contributed by atoms with Crippen LogP contribution in [0, 0.1) is 15.9 Å². The number of thioether (sulfide) groups is 1. The first kappa shape index (κ1) is 17.4. The lowest BCUT2D eigenvalue weighted by molar-refractivity contribution is -0.385. The van der Waals surface area contributed by atoms with Gasteiger partial charge in [0.2, 0.25) is 0 Å². The molecule has 0 radical (unpaired) electrons. The maximum Gasteiger partial charge on any atom is 0.322 e. The third-order valence-corrected chi connectivity index (χ3v) is 3.65. The molecule has 1 rings (SSSR count). The van der Waals surface area contributed by atoms with Gasteiger partial charge in [-0.3, -0.25) is 14.9 Å². The Morgan fingerprint density at radius 3 is 2.86 bits per heavy atom. The summed E-state index contributed by atoms with van der Waals surface area (Å²) in [5, 5.41) is 10.6. The van der Waals surface area contributed by atoms with Crippen LogP contribution in [0.5, 0.6) is 0 Å². The van der Waals surface area contributed by atoms with Crippen molar-refractivity contribution in [2.45, 2.75) is 25.1 Å². The van der Waals surface area contributed by atoms with Gasteiger partial charge in [-0.05, 0) is 30.7 Å². The van der Waals surface area contributed by atoms with Gasteiger partial charge in [-0.15, -0.1) is 0 Å². The molecular formula is C13H17FN2O4S. The lowest BCUT2D eigenvalue weighted by Crippen LogP contribution is -2.32. The molecule has 0 aliphatic heterocycles. The van der Waals surface area contributed by atoms with Crippen molar-refractivity contribution in [1.29, 1.82) is 0 Å². The second-order valence-electron chi connectivity index (χ2n) is 4.27. The van der Waals surface area contributed by atoms with Crippen LogP contribution in [0.1, 0.15) is 18.9 Å². The molecule has 0 fully saturated rings. The molecule has 0 spiro atoms. The molecule has 0 aromatic heterocycles. The first-order valence-electron chi connectivity index (χ1n) is 6.37. The highest BCUT2D eigenvalue weighted by Gasteiger charge is 2.14. The number of carbonyl (C=O) groups excluding carboxylic acids is 1. The molecule has 2 N–H and O–H groups in total. The summed E-state index contributed by atoms with van der Waals surface area (Å²) in [6.45, 7) is 1.99. The highest BCUT2D eigenvalue weighted by Crippen LogP contribution is 2.20. The average Bonchev–Trinajstić information content (AvgIpc) is 2.43. The first-order chi connectivity index (χ1) is 9.93. The summed E-state index contributed by atoms with van der Waals surface area (Å²) >= 11 is 1.42. The predicted molar refractivity (Wildman–Crippen MR) is 78.4 cm³/mol. The standard InChI is InChI=1S/C13H17FN2O4S/c1-2-20-13(17)12(15)3-4-21-8-9-5-10(14)7-11(6-9)16(18)19/h5-7,12H,2-4,8,15H2,1H3. The van der Waals surface area contributed by atoms with Crippen LogP contribution in [0.25, 0.3) is 0 Å². The number of nitro groups is 1. The van der Waals surface area contributed by atoms with Gasteiger partial charge in [0.15, 0.2) is 0 Å². The summed E-state index contributed by atoms with van der Waals surface area (Å²) in [6.07, 6.45) is 0.431. The molecule has 1 atom stereocenters. The molecule has 8 heteroatoms. The third-order valence-electron chi connectivity index (χ3n) is 2.58. The Labute approximate surface area is 126 Å². The molecular weight excluding hydrogens is 299 g/mol. The Bertz CT molecular complexity index is 513. The fraction of sp³-hybridized carbons (Fsp3) is 0.462. The van der Waals surface area contributed by atoms with E-state index < -0.39 is 22.8 Å². The second-order valence-corrected chi connectivity index (χ2v) is 5.38. The predicted octanol–water partition coefficient (Wildman–Crippen LogP) is 2.25. The lowest BCUT2D eigenvalue weighted by atomic mass is 10.2. The van der Waals surface area contributed by atoms with Gasteiger partial charge in [0.1, 0.15) is 11.9 Å². The number of esters is 1. The Morgan fingerprint density at radius 1 is 1.52 bits per heavy atom. The first-order valence-corrected chi connectivity index (χ1v) is 7.53. The highest BCUT2D eigenvalue weighted by molar-refractivity contribution is 7.98. The zero-order valence-corrected chi connectivity index (χ0v) is 12.4. The molecule has 0 aliphatic carbocycles. The van der Waals surface area contributed by atoms with Crippen molar-refractivity contribution in [1.82, 2.24) is 0 Å². The van der Waals surface area contributed by atoms with Gasteiger partial charge in [0.25, 0.3) is 5.69 Å². The Hall–Kier alpha value is -1.67. The number of nitro benzene ring substituents is 1. The van der Waals surface area contributed by atoms with Gasteiger partial charge in [-0.25, -0.2) is 4.39 Å². The Kier molecular flexibility index (Phi) is 7.10. The molecule has 0 heterocycles. The minimum Gasteiger partial charge on any atom is -0.465 e. The summed E-state index contributed by atoms with van der Waals surface area (Å²) in [7, 11) is 0. The molecule has 1 aromatic carbocycles. The van der Waals surface area contributed by atoms with E-state index in [1.165, 1.54) is 23.9 Å². The van der Waals surface area contributed by atoms with Crippen LogP contribution in [-0.4, -0.2) is 29.3 Å². The minimum atomic E-state index is -0.681. The maximum atomic E-state index is 13.2. The van der Waals surface area contributed by atoms with Gasteiger partial charge >= 0.3 is 5.97 Å². The number of hydrogen-bond acceptors (Lipinski definition) is 6. The average molecular weight is 316 g/mol. The molecule has 0 saturated carbocycles. The van der Waals surface area contributed by atoms with Crippen LogP contribution in [-0.2, 0) is 15.3 Å². The fourth-order valence-corrected chi connectivity index (χ4v) is 2.56. The third kappa shape index (κ3) is 6.09. The number of halogens is 1. The molecule has 1 unspecified atom stereocenters. The van der Waals surface area contributed by atoms with E-state index in [0.29, 0.717) is 23.5 Å². The monoisotopic (exact) mass is 316 g/mol. The molecule has 0 bridgehead atoms. The maximum absolute atomic E-state index is 13.2. The van der Waals surface area contributed by atoms with Crippen molar-refractivity contribution in [2.24, 2.45) is 5.73 Å². The van der Waals surface area contributed by atoms with E-state index >= 15 is 0 Å². The van der Waals surface area contributed by atoms with Crippen molar-refractivity contribution in [3.05, 3.63) is 39.7 Å². The zero-order valence-electron chi connectivity index (χ0n) is 11.6. The summed E-state index contributed by atoms with van der Waals surface area (Å²) in [6, 6.07) is 2.79. The van der Waals surface area contributed by atoms with E-state index in [9.17, 15) is 19.3 Å². The van der Waals surface area contributed by atoms with E-state index in [2.05, 4.69) is 0 Å². The summed E-state index contributed by atoms with van der Waals surface area (Å²) in [4.78, 5) is 21.3. The molecule has 1 aromatic rings. The van der Waals surface area contributed by atoms with Crippen LogP contribution in [0.2, 0.25) is 0 Å². The number of carbonyl (C=O) groups is 1. The van der Waals surface area contributed by atoms with E-state index in [1.807, 2.05) is 0 Å². The number of hydrogen-bond donors (Lipinski definition) is 1. The Morgan fingerprint density at radius 2 is 2.24 bits per heavy atom. The number of rotatable bonds is 8. The number of ether oxygens (including phenoxy) is 1. The van der Waals surface area contributed by atoms with E-state index in [0.717, 1.165) is 6.07 Å². The van der Waals surface area contributed by atoms with Crippen LogP contribution in [0.4, 0.5) is 10.1 Å². The van der Waals surface area contributed by atoms with E-state index in [-0.39, 0.29) is 12.3 Å². The van der Waals surface area contributed by atoms with Crippen molar-refractivity contribution in [3.8, 4) is 0 Å². The smallest absolute Gasteiger partial charge is 0.322 e. The highest BCUT2D eigenvalue weighted by atomic mass is 32.2. The lowest BCUT2D eigenvalue weighted by Gasteiger charge is -2.10. The van der Waals surface area contributed by atoms with Crippen LogP contribution >= 0.6 is 11.8 Å². The largest absolute Gasteiger partial charge is 0.465 e. The van der Waals surface area contributed by atoms with Gasteiger partial charge in [-0.2, -0.15) is 11.8 Å². The van der Waals surface area contributed by atoms with E-state index in [1.54, 1.807) is 6.92 Å². The fourth-order valence-electron chi connectivity index (χ4n) is 1.59. The number of non-ortho nitro benzene ring substituents is 1. The SMILES string of the molecule is CCOC(=O)C(N)CCSCc1cc(F)cc([N+](=O)[O-])c1. The zero-order chi connectivity index (χ0) is 15.8. The van der Waals surface area contributed by atoms with Crippen molar-refractivity contribution in [2.75, 3.05) is 12.4 Å². The molecule has 0 amide bonds. The molecule has 116 valence electrons. The van der Waals surface area contributed by atoms with Gasteiger partial charge in [0.05, 0.1) is 17.6 Å². The van der Waals surface area contributed by atoms with Gasteiger partial charge < -0.3 is 10.5 Å².